The number of rotatable bonds is 6. The summed E-state index contributed by atoms with van der Waals surface area (Å²) < 4.78 is 3.83. The van der Waals surface area contributed by atoms with Gasteiger partial charge in [0.25, 0.3) is 0 Å². The summed E-state index contributed by atoms with van der Waals surface area (Å²) in [5.74, 6) is 0.924. The summed E-state index contributed by atoms with van der Waals surface area (Å²) in [6, 6.07) is 2.17. The van der Waals surface area contributed by atoms with E-state index in [0.29, 0.717) is 13.1 Å². The summed E-state index contributed by atoms with van der Waals surface area (Å²) in [6.45, 7) is 8.96. The molecule has 0 bridgehead atoms. The third-order valence-corrected chi connectivity index (χ3v) is 3.49. The molecule has 0 spiro atoms. The Balaban J connectivity index is 1.88. The molecule has 0 radical (unpaired) electrons. The molecule has 0 aliphatic rings. The zero-order valence-corrected chi connectivity index (χ0v) is 13.1. The van der Waals surface area contributed by atoms with E-state index in [1.165, 1.54) is 0 Å². The highest BCUT2D eigenvalue weighted by molar-refractivity contribution is 5.75. The molecule has 6 heteroatoms. The molecule has 2 rings (SSSR count). The SMILES string of the molecule is CCc1nccn1CC(=O)NC[C@@H](C)n1nc(C)cc1C. The third kappa shape index (κ3) is 3.71. The average molecular weight is 289 g/mol. The highest BCUT2D eigenvalue weighted by atomic mass is 16.1. The fourth-order valence-corrected chi connectivity index (χ4v) is 2.45. The van der Waals surface area contributed by atoms with E-state index < -0.39 is 0 Å². The molecular weight excluding hydrogens is 266 g/mol. The van der Waals surface area contributed by atoms with Gasteiger partial charge in [-0.1, -0.05) is 6.92 Å². The Morgan fingerprint density at radius 1 is 1.43 bits per heavy atom. The second-order valence-electron chi connectivity index (χ2n) is 5.35. The van der Waals surface area contributed by atoms with Crippen molar-refractivity contribution < 1.29 is 4.79 Å². The minimum Gasteiger partial charge on any atom is -0.352 e. The first kappa shape index (κ1) is 15.3. The van der Waals surface area contributed by atoms with Gasteiger partial charge < -0.3 is 9.88 Å². The lowest BCUT2D eigenvalue weighted by Gasteiger charge is -2.15. The van der Waals surface area contributed by atoms with Crippen LogP contribution in [0, 0.1) is 13.8 Å². The summed E-state index contributed by atoms with van der Waals surface area (Å²) in [5, 5.41) is 7.40. The molecule has 0 saturated carbocycles. The molecule has 0 aliphatic carbocycles. The van der Waals surface area contributed by atoms with Gasteiger partial charge in [-0.15, -0.1) is 0 Å². The number of hydrogen-bond donors (Lipinski definition) is 1. The van der Waals surface area contributed by atoms with Crippen LogP contribution in [0.2, 0.25) is 0 Å². The fraction of sp³-hybridized carbons (Fsp3) is 0.533. The predicted molar refractivity (Wildman–Crippen MR) is 81.0 cm³/mol. The van der Waals surface area contributed by atoms with Gasteiger partial charge in [-0.3, -0.25) is 9.48 Å². The minimum atomic E-state index is -0.00363. The highest BCUT2D eigenvalue weighted by Crippen LogP contribution is 2.09. The average Bonchev–Trinajstić information content (AvgIpc) is 3.02. The van der Waals surface area contributed by atoms with Crippen molar-refractivity contribution in [3.05, 3.63) is 35.7 Å². The number of carbonyl (C=O) groups is 1. The quantitative estimate of drug-likeness (QED) is 0.879. The topological polar surface area (TPSA) is 64.7 Å². The number of hydrogen-bond acceptors (Lipinski definition) is 3. The number of amides is 1. The van der Waals surface area contributed by atoms with Gasteiger partial charge in [0.05, 0.1) is 11.7 Å². The number of aryl methyl sites for hydroxylation is 3. The van der Waals surface area contributed by atoms with Gasteiger partial charge in [0.1, 0.15) is 12.4 Å². The first-order valence-electron chi connectivity index (χ1n) is 7.30. The van der Waals surface area contributed by atoms with E-state index in [4.69, 9.17) is 0 Å². The van der Waals surface area contributed by atoms with Crippen molar-refractivity contribution in [1.29, 1.82) is 0 Å². The van der Waals surface area contributed by atoms with E-state index >= 15 is 0 Å². The molecule has 1 amide bonds. The second kappa shape index (κ2) is 6.56. The normalized spacial score (nSPS) is 12.4. The molecule has 0 aliphatic heterocycles. The van der Waals surface area contributed by atoms with Crippen LogP contribution in [-0.4, -0.2) is 31.8 Å². The van der Waals surface area contributed by atoms with Crippen LogP contribution in [0.4, 0.5) is 0 Å². The third-order valence-electron chi connectivity index (χ3n) is 3.49. The van der Waals surface area contributed by atoms with Gasteiger partial charge >= 0.3 is 0 Å². The van der Waals surface area contributed by atoms with Crippen molar-refractivity contribution in [2.24, 2.45) is 0 Å². The molecule has 2 aromatic rings. The van der Waals surface area contributed by atoms with Crippen molar-refractivity contribution in [3.63, 3.8) is 0 Å². The zero-order valence-electron chi connectivity index (χ0n) is 13.1. The van der Waals surface area contributed by atoms with Crippen LogP contribution in [0.3, 0.4) is 0 Å². The molecule has 21 heavy (non-hydrogen) atoms. The number of nitrogens with zero attached hydrogens (tertiary/aromatic N) is 4. The zero-order chi connectivity index (χ0) is 15.4. The number of imidazole rings is 1. The lowest BCUT2D eigenvalue weighted by atomic mass is 10.3. The summed E-state index contributed by atoms with van der Waals surface area (Å²) >= 11 is 0. The lowest BCUT2D eigenvalue weighted by Crippen LogP contribution is -2.33. The first-order chi connectivity index (χ1) is 10.0. The Bertz CT molecular complexity index is 613. The number of aromatic nitrogens is 4. The van der Waals surface area contributed by atoms with Crippen LogP contribution in [0.25, 0.3) is 0 Å². The maximum atomic E-state index is 12.0. The van der Waals surface area contributed by atoms with Gasteiger partial charge in [0, 0.05) is 31.1 Å². The van der Waals surface area contributed by atoms with E-state index in [1.54, 1.807) is 6.20 Å². The van der Waals surface area contributed by atoms with Gasteiger partial charge in [0.2, 0.25) is 5.91 Å². The molecule has 0 unspecified atom stereocenters. The van der Waals surface area contributed by atoms with Crippen molar-refractivity contribution in [3.8, 4) is 0 Å². The monoisotopic (exact) mass is 289 g/mol. The molecule has 0 aromatic carbocycles. The molecule has 0 fully saturated rings. The van der Waals surface area contributed by atoms with Gasteiger partial charge in [-0.05, 0) is 26.8 Å². The van der Waals surface area contributed by atoms with Crippen LogP contribution >= 0.6 is 0 Å². The van der Waals surface area contributed by atoms with Crippen LogP contribution in [0.5, 0.6) is 0 Å². The molecule has 114 valence electrons. The standard InChI is InChI=1S/C15H23N5O/c1-5-14-16-6-7-19(14)10-15(21)17-9-13(4)20-12(3)8-11(2)18-20/h6-8,13H,5,9-10H2,1-4H3,(H,17,21)/t13-/m1/s1. The largest absolute Gasteiger partial charge is 0.352 e. The van der Waals surface area contributed by atoms with E-state index in [9.17, 15) is 4.79 Å². The second-order valence-corrected chi connectivity index (χ2v) is 5.35. The van der Waals surface area contributed by atoms with E-state index in [2.05, 4.69) is 22.3 Å². The Morgan fingerprint density at radius 2 is 2.19 bits per heavy atom. The molecule has 6 nitrogen and oxygen atoms in total. The highest BCUT2D eigenvalue weighted by Gasteiger charge is 2.12. The van der Waals surface area contributed by atoms with Crippen LogP contribution in [0.1, 0.15) is 37.1 Å². The lowest BCUT2D eigenvalue weighted by molar-refractivity contribution is -0.121. The first-order valence-corrected chi connectivity index (χ1v) is 7.30. The summed E-state index contributed by atoms with van der Waals surface area (Å²) in [5.41, 5.74) is 2.11. The van der Waals surface area contributed by atoms with Gasteiger partial charge in [0.15, 0.2) is 0 Å². The number of carbonyl (C=O) groups excluding carboxylic acids is 1. The van der Waals surface area contributed by atoms with Crippen LogP contribution in [-0.2, 0) is 17.8 Å². The molecule has 1 atom stereocenters. The van der Waals surface area contributed by atoms with Gasteiger partial charge in [-0.2, -0.15) is 5.10 Å². The Hall–Kier alpha value is -2.11. The van der Waals surface area contributed by atoms with E-state index in [1.807, 2.05) is 42.3 Å². The van der Waals surface area contributed by atoms with Crippen molar-refractivity contribution in [2.45, 2.75) is 46.7 Å². The van der Waals surface area contributed by atoms with Crippen molar-refractivity contribution in [1.82, 2.24) is 24.6 Å². The summed E-state index contributed by atoms with van der Waals surface area (Å²) in [7, 11) is 0. The summed E-state index contributed by atoms with van der Waals surface area (Å²) in [6.07, 6.45) is 4.38. The van der Waals surface area contributed by atoms with E-state index in [0.717, 1.165) is 23.6 Å². The van der Waals surface area contributed by atoms with Crippen molar-refractivity contribution >= 4 is 5.91 Å². The van der Waals surface area contributed by atoms with Crippen molar-refractivity contribution in [2.75, 3.05) is 6.54 Å². The smallest absolute Gasteiger partial charge is 0.240 e. The molecule has 1 N–H and O–H groups in total. The maximum Gasteiger partial charge on any atom is 0.240 e. The Kier molecular flexibility index (Phi) is 4.77. The summed E-state index contributed by atoms with van der Waals surface area (Å²) in [4.78, 5) is 16.2. The van der Waals surface area contributed by atoms with E-state index in [-0.39, 0.29) is 11.9 Å². The van der Waals surface area contributed by atoms with Gasteiger partial charge in [-0.25, -0.2) is 4.98 Å². The maximum absolute atomic E-state index is 12.0. The van der Waals surface area contributed by atoms with Crippen LogP contribution in [0.15, 0.2) is 18.5 Å². The molecule has 2 aromatic heterocycles. The Labute approximate surface area is 125 Å². The fourth-order valence-electron chi connectivity index (χ4n) is 2.45. The number of nitrogens with one attached hydrogen (secondary N) is 1. The molecule has 2 heterocycles. The molecular formula is C15H23N5O. The van der Waals surface area contributed by atoms with Crippen LogP contribution < -0.4 is 5.32 Å². The Morgan fingerprint density at radius 3 is 2.81 bits per heavy atom. The molecule has 0 saturated heterocycles. The predicted octanol–water partition coefficient (Wildman–Crippen LogP) is 1.64. The minimum absolute atomic E-state index is 0.00363.